The third kappa shape index (κ3) is 4.11. The van der Waals surface area contributed by atoms with Gasteiger partial charge in [0, 0.05) is 56.7 Å². The molecule has 0 aliphatic carbocycles. The Balaban J connectivity index is 1.44. The fourth-order valence-corrected chi connectivity index (χ4v) is 4.19. The lowest BCUT2D eigenvalue weighted by Gasteiger charge is -2.36. The fourth-order valence-electron chi connectivity index (χ4n) is 4.19. The van der Waals surface area contributed by atoms with Crippen molar-refractivity contribution in [2.45, 2.75) is 38.9 Å². The van der Waals surface area contributed by atoms with Gasteiger partial charge < -0.3 is 10.2 Å². The minimum atomic E-state index is 0.106. The van der Waals surface area contributed by atoms with Gasteiger partial charge in [0.25, 0.3) is 0 Å². The molecule has 6 nitrogen and oxygen atoms in total. The van der Waals surface area contributed by atoms with Crippen molar-refractivity contribution in [3.8, 4) is 0 Å². The summed E-state index contributed by atoms with van der Waals surface area (Å²) in [6.07, 6.45) is 5.87. The molecule has 0 radical (unpaired) electrons. The van der Waals surface area contributed by atoms with Crippen molar-refractivity contribution in [2.75, 3.05) is 25.0 Å². The molecule has 3 fully saturated rings. The number of benzene rings is 1. The number of anilines is 1. The van der Waals surface area contributed by atoms with E-state index in [0.29, 0.717) is 17.9 Å². The molecule has 2 bridgehead atoms. The zero-order valence-corrected chi connectivity index (χ0v) is 15.8. The monoisotopic (exact) mass is 365 g/mol. The first kappa shape index (κ1) is 17.9. The van der Waals surface area contributed by atoms with Crippen LogP contribution in [0.15, 0.2) is 42.7 Å². The molecule has 4 heterocycles. The van der Waals surface area contributed by atoms with Crippen LogP contribution in [0.3, 0.4) is 0 Å². The van der Waals surface area contributed by atoms with E-state index in [-0.39, 0.29) is 5.92 Å². The summed E-state index contributed by atoms with van der Waals surface area (Å²) in [5, 5.41) is 3.12. The van der Waals surface area contributed by atoms with Gasteiger partial charge in [-0.05, 0) is 25.3 Å². The van der Waals surface area contributed by atoms with Gasteiger partial charge in [-0.25, -0.2) is 9.97 Å². The zero-order valence-electron chi connectivity index (χ0n) is 15.8. The highest BCUT2D eigenvalue weighted by Crippen LogP contribution is 2.31. The Morgan fingerprint density at radius 1 is 1.04 bits per heavy atom. The third-order valence-corrected chi connectivity index (χ3v) is 5.51. The van der Waals surface area contributed by atoms with Gasteiger partial charge in [0.2, 0.25) is 11.9 Å². The molecule has 2 atom stereocenters. The second-order valence-electron chi connectivity index (χ2n) is 7.52. The van der Waals surface area contributed by atoms with Crippen LogP contribution >= 0.6 is 0 Å². The van der Waals surface area contributed by atoms with Gasteiger partial charge in [0.05, 0.1) is 5.92 Å². The van der Waals surface area contributed by atoms with Crippen molar-refractivity contribution in [1.82, 2.24) is 19.8 Å². The first-order valence-electron chi connectivity index (χ1n) is 9.84. The predicted molar refractivity (Wildman–Crippen MR) is 105 cm³/mol. The molecule has 3 aliphatic heterocycles. The maximum atomic E-state index is 13.0. The lowest BCUT2D eigenvalue weighted by atomic mass is 9.93. The molecule has 0 saturated carbocycles. The normalized spacial score (nSPS) is 22.7. The van der Waals surface area contributed by atoms with Gasteiger partial charge in [0.1, 0.15) is 0 Å². The quantitative estimate of drug-likeness (QED) is 0.852. The van der Waals surface area contributed by atoms with E-state index in [1.54, 1.807) is 0 Å². The van der Waals surface area contributed by atoms with E-state index < -0.39 is 0 Å². The average Bonchev–Trinajstić information content (AvgIpc) is 2.96. The van der Waals surface area contributed by atoms with Crippen LogP contribution in [-0.4, -0.2) is 51.4 Å². The highest BCUT2D eigenvalue weighted by atomic mass is 16.2. The molecule has 2 aromatic rings. The fraction of sp³-hybridized carbons (Fsp3) is 0.476. The SMILES string of the molecule is CCNc1ncc(CN2C[C@@H]3CC[C@H](C2)N(Cc2ccccc2)C3=O)cn1. The maximum absolute atomic E-state index is 13.0. The second kappa shape index (κ2) is 8.05. The van der Waals surface area contributed by atoms with E-state index in [1.807, 2.05) is 37.5 Å². The van der Waals surface area contributed by atoms with Crippen LogP contribution in [0.4, 0.5) is 5.95 Å². The lowest BCUT2D eigenvalue weighted by Crippen LogP contribution is -2.47. The Morgan fingerprint density at radius 2 is 1.81 bits per heavy atom. The van der Waals surface area contributed by atoms with E-state index in [4.69, 9.17) is 0 Å². The van der Waals surface area contributed by atoms with Gasteiger partial charge >= 0.3 is 0 Å². The van der Waals surface area contributed by atoms with Gasteiger partial charge in [0.15, 0.2) is 0 Å². The highest BCUT2D eigenvalue weighted by molar-refractivity contribution is 5.80. The van der Waals surface area contributed by atoms with Crippen molar-refractivity contribution in [3.05, 3.63) is 53.9 Å². The molecule has 1 aromatic carbocycles. The standard InChI is InChI=1S/C21H27N5O/c1-2-22-21-23-10-17(11-24-21)12-25-14-18-8-9-19(15-25)26(20(18)27)13-16-6-4-3-5-7-16/h3-7,10-11,18-19H,2,8-9,12-15H2,1H3,(H,22,23,24)/t18-,19+/m0/s1. The Morgan fingerprint density at radius 3 is 2.56 bits per heavy atom. The number of fused-ring (bicyclic) bond motifs is 4. The summed E-state index contributed by atoms with van der Waals surface area (Å²) in [5.74, 6) is 1.09. The molecule has 0 spiro atoms. The number of carbonyl (C=O) groups is 1. The van der Waals surface area contributed by atoms with Gasteiger partial charge in [-0.1, -0.05) is 30.3 Å². The smallest absolute Gasteiger partial charge is 0.227 e. The first-order valence-corrected chi connectivity index (χ1v) is 9.84. The lowest BCUT2D eigenvalue weighted by molar-refractivity contribution is -0.140. The van der Waals surface area contributed by atoms with Crippen molar-refractivity contribution < 1.29 is 4.79 Å². The Hall–Kier alpha value is -2.47. The molecule has 5 rings (SSSR count). The summed E-state index contributed by atoms with van der Waals surface area (Å²) < 4.78 is 0. The van der Waals surface area contributed by atoms with Crippen molar-refractivity contribution in [1.29, 1.82) is 0 Å². The number of rotatable bonds is 6. The minimum Gasteiger partial charge on any atom is -0.355 e. The summed E-state index contributed by atoms with van der Waals surface area (Å²) in [5.41, 5.74) is 2.30. The van der Waals surface area contributed by atoms with Crippen molar-refractivity contribution in [3.63, 3.8) is 0 Å². The summed E-state index contributed by atoms with van der Waals surface area (Å²) >= 11 is 0. The number of nitrogens with one attached hydrogen (secondary N) is 1. The molecule has 6 heteroatoms. The first-order chi connectivity index (χ1) is 13.2. The van der Waals surface area contributed by atoms with Crippen LogP contribution in [0.1, 0.15) is 30.9 Å². The number of amides is 1. The number of aromatic nitrogens is 2. The molecule has 0 unspecified atom stereocenters. The number of carbonyl (C=O) groups excluding carboxylic acids is 1. The average molecular weight is 365 g/mol. The number of piperidine rings is 1. The predicted octanol–water partition coefficient (Wildman–Crippen LogP) is 2.53. The molecule has 142 valence electrons. The van der Waals surface area contributed by atoms with Gasteiger partial charge in [-0.2, -0.15) is 0 Å². The van der Waals surface area contributed by atoms with Crippen molar-refractivity contribution in [2.24, 2.45) is 5.92 Å². The summed E-state index contributed by atoms with van der Waals surface area (Å²) in [6.45, 7) is 6.11. The minimum absolute atomic E-state index is 0.106. The Bertz CT molecular complexity index is 764. The van der Waals surface area contributed by atoms with Crippen LogP contribution in [-0.2, 0) is 17.9 Å². The summed E-state index contributed by atoms with van der Waals surface area (Å²) in [7, 11) is 0. The molecule has 1 amide bonds. The van der Waals surface area contributed by atoms with Crippen LogP contribution < -0.4 is 5.32 Å². The van der Waals surface area contributed by atoms with Gasteiger partial charge in [-0.15, -0.1) is 0 Å². The maximum Gasteiger partial charge on any atom is 0.227 e. The number of nitrogens with zero attached hydrogens (tertiary/aromatic N) is 4. The van der Waals surface area contributed by atoms with Crippen LogP contribution in [0, 0.1) is 5.92 Å². The highest BCUT2D eigenvalue weighted by Gasteiger charge is 2.40. The second-order valence-corrected chi connectivity index (χ2v) is 7.52. The summed E-state index contributed by atoms with van der Waals surface area (Å²) in [4.78, 5) is 26.2. The van der Waals surface area contributed by atoms with E-state index in [0.717, 1.165) is 51.1 Å². The number of hydrogen-bond donors (Lipinski definition) is 1. The third-order valence-electron chi connectivity index (χ3n) is 5.51. The van der Waals surface area contributed by atoms with Crippen molar-refractivity contribution >= 4 is 11.9 Å². The molecular weight excluding hydrogens is 338 g/mol. The Labute approximate surface area is 160 Å². The molecular formula is C21H27N5O. The number of hydrogen-bond acceptors (Lipinski definition) is 5. The van der Waals surface area contributed by atoms with E-state index >= 15 is 0 Å². The molecule has 3 saturated heterocycles. The molecule has 27 heavy (non-hydrogen) atoms. The molecule has 1 N–H and O–H groups in total. The van der Waals surface area contributed by atoms with E-state index in [1.165, 1.54) is 5.56 Å². The zero-order chi connectivity index (χ0) is 18.6. The molecule has 3 aliphatic rings. The van der Waals surface area contributed by atoms with Crippen LogP contribution in [0.25, 0.3) is 0 Å². The van der Waals surface area contributed by atoms with Gasteiger partial charge in [-0.3, -0.25) is 9.69 Å². The van der Waals surface area contributed by atoms with E-state index in [9.17, 15) is 4.79 Å². The summed E-state index contributed by atoms with van der Waals surface area (Å²) in [6, 6.07) is 10.6. The van der Waals surface area contributed by atoms with Crippen LogP contribution in [0.2, 0.25) is 0 Å². The largest absolute Gasteiger partial charge is 0.355 e. The topological polar surface area (TPSA) is 61.4 Å². The molecule has 1 aromatic heterocycles. The van der Waals surface area contributed by atoms with Crippen LogP contribution in [0.5, 0.6) is 0 Å². The van der Waals surface area contributed by atoms with E-state index in [2.05, 4.69) is 37.2 Å². The Kier molecular flexibility index (Phi) is 5.34.